The lowest BCUT2D eigenvalue weighted by molar-refractivity contribution is -0.117. The van der Waals surface area contributed by atoms with Crippen molar-refractivity contribution in [2.75, 3.05) is 19.8 Å². The van der Waals surface area contributed by atoms with Crippen molar-refractivity contribution in [2.24, 2.45) is 0 Å². The molecular formula is C12H27NO3. The number of hydrogen-bond donors (Lipinski definition) is 3. The minimum Gasteiger partial charge on any atom is -0.394 e. The van der Waals surface area contributed by atoms with Crippen LogP contribution < -0.4 is 0 Å². The van der Waals surface area contributed by atoms with Crippen molar-refractivity contribution in [2.45, 2.75) is 58.2 Å². The molecule has 3 N–H and O–H groups in total. The van der Waals surface area contributed by atoms with Gasteiger partial charge in [-0.1, -0.05) is 0 Å². The third-order valence-electron chi connectivity index (χ3n) is 2.98. The van der Waals surface area contributed by atoms with Crippen LogP contribution >= 0.6 is 0 Å². The minimum absolute atomic E-state index is 0.0279. The molecule has 0 rings (SSSR count). The Balaban J connectivity index is 5.40. The molecule has 0 atom stereocenters. The lowest BCUT2D eigenvalue weighted by atomic mass is 9.86. The standard InChI is InChI=1S/C12H27NO3/c1-10(2,7-14)13(11(3,4)8-15)12(5,6)9-16/h14-16H,7-9H2,1-6H3. The van der Waals surface area contributed by atoms with Gasteiger partial charge in [0.15, 0.2) is 0 Å². The average molecular weight is 233 g/mol. The zero-order valence-corrected chi connectivity index (χ0v) is 11.4. The summed E-state index contributed by atoms with van der Waals surface area (Å²) >= 11 is 0. The van der Waals surface area contributed by atoms with Crippen LogP contribution in [-0.2, 0) is 0 Å². The lowest BCUT2D eigenvalue weighted by Crippen LogP contribution is -2.67. The van der Waals surface area contributed by atoms with Crippen LogP contribution in [0.1, 0.15) is 41.5 Å². The van der Waals surface area contributed by atoms with Crippen LogP contribution in [0.4, 0.5) is 0 Å². The second kappa shape index (κ2) is 5.00. The summed E-state index contributed by atoms with van der Waals surface area (Å²) in [6.07, 6.45) is 0. The molecule has 0 amide bonds. The second-order valence-corrected chi connectivity index (χ2v) is 6.25. The van der Waals surface area contributed by atoms with E-state index in [1.165, 1.54) is 0 Å². The highest BCUT2D eigenvalue weighted by Crippen LogP contribution is 2.33. The fraction of sp³-hybridized carbons (Fsp3) is 1.00. The maximum absolute atomic E-state index is 9.48. The lowest BCUT2D eigenvalue weighted by Gasteiger charge is -2.55. The monoisotopic (exact) mass is 233 g/mol. The maximum atomic E-state index is 9.48. The van der Waals surface area contributed by atoms with Crippen LogP contribution in [0.2, 0.25) is 0 Å². The third kappa shape index (κ3) is 3.17. The Labute approximate surface area is 98.9 Å². The zero-order chi connectivity index (χ0) is 13.2. The number of hydrogen-bond acceptors (Lipinski definition) is 4. The summed E-state index contributed by atoms with van der Waals surface area (Å²) in [5.41, 5.74) is -1.50. The van der Waals surface area contributed by atoms with Gasteiger partial charge in [0.2, 0.25) is 0 Å². The molecule has 0 unspecified atom stereocenters. The van der Waals surface area contributed by atoms with E-state index in [9.17, 15) is 15.3 Å². The fourth-order valence-corrected chi connectivity index (χ4v) is 2.67. The Bertz CT molecular complexity index is 186. The van der Waals surface area contributed by atoms with Crippen LogP contribution in [0.5, 0.6) is 0 Å². The molecule has 0 radical (unpaired) electrons. The first-order valence-corrected chi connectivity index (χ1v) is 5.68. The van der Waals surface area contributed by atoms with Gasteiger partial charge in [0, 0.05) is 16.6 Å². The van der Waals surface area contributed by atoms with Crippen LogP contribution in [0.25, 0.3) is 0 Å². The number of nitrogens with zero attached hydrogens (tertiary/aromatic N) is 1. The minimum atomic E-state index is -0.502. The molecule has 0 fully saturated rings. The highest BCUT2D eigenvalue weighted by molar-refractivity contribution is 5.00. The van der Waals surface area contributed by atoms with Crippen molar-refractivity contribution in [3.05, 3.63) is 0 Å². The molecule has 0 spiro atoms. The van der Waals surface area contributed by atoms with Gasteiger partial charge in [-0.15, -0.1) is 0 Å². The summed E-state index contributed by atoms with van der Waals surface area (Å²) in [5, 5.41) is 28.4. The first-order chi connectivity index (χ1) is 7.05. The van der Waals surface area contributed by atoms with E-state index < -0.39 is 16.6 Å². The molecule has 4 nitrogen and oxygen atoms in total. The summed E-state index contributed by atoms with van der Waals surface area (Å²) < 4.78 is 0. The van der Waals surface area contributed by atoms with Crippen molar-refractivity contribution >= 4 is 0 Å². The molecule has 0 aliphatic rings. The van der Waals surface area contributed by atoms with E-state index in [-0.39, 0.29) is 19.8 Å². The van der Waals surface area contributed by atoms with Crippen molar-refractivity contribution < 1.29 is 15.3 Å². The van der Waals surface area contributed by atoms with Crippen molar-refractivity contribution in [3.8, 4) is 0 Å². The molecule has 0 saturated carbocycles. The molecular weight excluding hydrogens is 206 g/mol. The van der Waals surface area contributed by atoms with Gasteiger partial charge >= 0.3 is 0 Å². The van der Waals surface area contributed by atoms with Crippen LogP contribution in [0, 0.1) is 0 Å². The summed E-state index contributed by atoms with van der Waals surface area (Å²) in [6, 6.07) is 0. The third-order valence-corrected chi connectivity index (χ3v) is 2.98. The predicted molar refractivity (Wildman–Crippen MR) is 65.3 cm³/mol. The highest BCUT2D eigenvalue weighted by Gasteiger charge is 2.45. The molecule has 0 heterocycles. The van der Waals surface area contributed by atoms with Gasteiger partial charge in [0.05, 0.1) is 19.8 Å². The normalized spacial score (nSPS) is 14.6. The van der Waals surface area contributed by atoms with Crippen molar-refractivity contribution in [1.29, 1.82) is 0 Å². The van der Waals surface area contributed by atoms with Crippen LogP contribution in [0.3, 0.4) is 0 Å². The Hall–Kier alpha value is -0.160. The smallest absolute Gasteiger partial charge is 0.0610 e. The SMILES string of the molecule is CC(C)(CO)N(C(C)(C)CO)C(C)(C)CO. The fourth-order valence-electron chi connectivity index (χ4n) is 2.67. The predicted octanol–water partition coefficient (Wildman–Crippen LogP) is 0.601. The van der Waals surface area contributed by atoms with E-state index in [2.05, 4.69) is 0 Å². The average Bonchev–Trinajstić information content (AvgIpc) is 2.16. The molecule has 0 aliphatic heterocycles. The topological polar surface area (TPSA) is 63.9 Å². The van der Waals surface area contributed by atoms with Crippen LogP contribution in [0.15, 0.2) is 0 Å². The van der Waals surface area contributed by atoms with E-state index in [1.807, 2.05) is 46.4 Å². The molecule has 16 heavy (non-hydrogen) atoms. The van der Waals surface area contributed by atoms with Gasteiger partial charge in [-0.25, -0.2) is 0 Å². The zero-order valence-electron chi connectivity index (χ0n) is 11.4. The summed E-state index contributed by atoms with van der Waals surface area (Å²) in [4.78, 5) is 1.98. The molecule has 98 valence electrons. The van der Waals surface area contributed by atoms with Crippen molar-refractivity contribution in [1.82, 2.24) is 4.90 Å². The summed E-state index contributed by atoms with van der Waals surface area (Å²) in [6.45, 7) is 11.3. The molecule has 0 saturated heterocycles. The molecule has 0 bridgehead atoms. The first kappa shape index (κ1) is 15.8. The first-order valence-electron chi connectivity index (χ1n) is 5.68. The van der Waals surface area contributed by atoms with Gasteiger partial charge in [-0.2, -0.15) is 0 Å². The van der Waals surface area contributed by atoms with E-state index in [0.717, 1.165) is 0 Å². The van der Waals surface area contributed by atoms with E-state index in [0.29, 0.717) is 0 Å². The van der Waals surface area contributed by atoms with E-state index >= 15 is 0 Å². The Morgan fingerprint density at radius 1 is 0.625 bits per heavy atom. The van der Waals surface area contributed by atoms with Gasteiger partial charge in [-0.05, 0) is 41.5 Å². The maximum Gasteiger partial charge on any atom is 0.0610 e. The summed E-state index contributed by atoms with van der Waals surface area (Å²) in [7, 11) is 0. The number of aliphatic hydroxyl groups is 3. The molecule has 4 heteroatoms. The largest absolute Gasteiger partial charge is 0.394 e. The molecule has 0 aromatic carbocycles. The van der Waals surface area contributed by atoms with Gasteiger partial charge in [0.1, 0.15) is 0 Å². The quantitative estimate of drug-likeness (QED) is 0.629. The molecule has 0 aromatic rings. The highest BCUT2D eigenvalue weighted by atomic mass is 16.3. The van der Waals surface area contributed by atoms with Crippen molar-refractivity contribution in [3.63, 3.8) is 0 Å². The van der Waals surface area contributed by atoms with Gasteiger partial charge < -0.3 is 15.3 Å². The molecule has 0 aliphatic carbocycles. The number of rotatable bonds is 6. The Morgan fingerprint density at radius 3 is 0.938 bits per heavy atom. The number of aliphatic hydroxyl groups excluding tert-OH is 3. The van der Waals surface area contributed by atoms with E-state index in [4.69, 9.17) is 0 Å². The van der Waals surface area contributed by atoms with E-state index in [1.54, 1.807) is 0 Å². The Morgan fingerprint density at radius 2 is 0.812 bits per heavy atom. The van der Waals surface area contributed by atoms with Gasteiger partial charge in [0.25, 0.3) is 0 Å². The van der Waals surface area contributed by atoms with Gasteiger partial charge in [-0.3, -0.25) is 4.90 Å². The second-order valence-electron chi connectivity index (χ2n) is 6.25. The summed E-state index contributed by atoms with van der Waals surface area (Å²) in [5.74, 6) is 0. The Kier molecular flexibility index (Phi) is 4.95. The molecule has 0 aromatic heterocycles. The van der Waals surface area contributed by atoms with Crippen LogP contribution in [-0.4, -0.2) is 56.7 Å².